The van der Waals surface area contributed by atoms with Gasteiger partial charge in [-0.15, -0.1) is 0 Å². The molecule has 0 aromatic rings. The van der Waals surface area contributed by atoms with E-state index in [1.165, 1.54) is 0 Å². The van der Waals surface area contributed by atoms with Gasteiger partial charge < -0.3 is 14.3 Å². The molecule has 0 saturated carbocycles. The first-order valence-corrected chi connectivity index (χ1v) is 6.37. The summed E-state index contributed by atoms with van der Waals surface area (Å²) in [6.45, 7) is 4.17. The van der Waals surface area contributed by atoms with Crippen LogP contribution >= 0.6 is 7.82 Å². The molecule has 0 radical (unpaired) electrons. The number of hydrogen-bond acceptors (Lipinski definition) is 2. The molecule has 1 heterocycles. The number of hydrogen-bond donors (Lipinski definition) is 2. The predicted octanol–water partition coefficient (Wildman–Crippen LogP) is 0.930. The average Bonchev–Trinajstić information content (AvgIpc) is 2.07. The van der Waals surface area contributed by atoms with Crippen molar-refractivity contribution in [3.63, 3.8) is 0 Å². The van der Waals surface area contributed by atoms with E-state index in [4.69, 9.17) is 9.79 Å². The SMILES string of the molecule is CC1CC[N+](C)(COP(=O)(O)O)CC1. The molecule has 0 spiro atoms. The number of likely N-dealkylation sites (tertiary alicyclic amines) is 1. The molecule has 0 bridgehead atoms. The lowest BCUT2D eigenvalue weighted by molar-refractivity contribution is -0.930. The fraction of sp³-hybridized carbons (Fsp3) is 1.00. The fourth-order valence-electron chi connectivity index (χ4n) is 1.66. The number of phosphoric ester groups is 1. The van der Waals surface area contributed by atoms with Crippen molar-refractivity contribution in [2.24, 2.45) is 5.92 Å². The Morgan fingerprint density at radius 3 is 2.36 bits per heavy atom. The summed E-state index contributed by atoms with van der Waals surface area (Å²) >= 11 is 0. The lowest BCUT2D eigenvalue weighted by atomic mass is 9.98. The van der Waals surface area contributed by atoms with Crippen LogP contribution < -0.4 is 0 Å². The normalized spacial score (nSPS) is 34.4. The van der Waals surface area contributed by atoms with Gasteiger partial charge in [-0.25, -0.2) is 9.09 Å². The van der Waals surface area contributed by atoms with Crippen LogP contribution in [0.15, 0.2) is 0 Å². The van der Waals surface area contributed by atoms with E-state index >= 15 is 0 Å². The van der Waals surface area contributed by atoms with Gasteiger partial charge in [-0.1, -0.05) is 6.92 Å². The molecule has 2 N–H and O–H groups in total. The highest BCUT2D eigenvalue weighted by atomic mass is 31.2. The van der Waals surface area contributed by atoms with Crippen molar-refractivity contribution >= 4 is 7.82 Å². The van der Waals surface area contributed by atoms with Gasteiger partial charge in [0.05, 0.1) is 20.1 Å². The zero-order valence-electron chi connectivity index (χ0n) is 8.72. The first-order chi connectivity index (χ1) is 6.31. The van der Waals surface area contributed by atoms with Gasteiger partial charge in [0.2, 0.25) is 0 Å². The molecule has 1 aliphatic rings. The molecule has 5 nitrogen and oxygen atoms in total. The molecule has 0 atom stereocenters. The van der Waals surface area contributed by atoms with Crippen molar-refractivity contribution in [2.45, 2.75) is 19.8 Å². The number of quaternary nitrogens is 1. The minimum atomic E-state index is -4.31. The lowest BCUT2D eigenvalue weighted by Gasteiger charge is -2.39. The van der Waals surface area contributed by atoms with E-state index in [0.29, 0.717) is 4.48 Å². The largest absolute Gasteiger partial charge is 0.474 e. The Morgan fingerprint density at radius 2 is 1.93 bits per heavy atom. The average molecular weight is 224 g/mol. The maximum absolute atomic E-state index is 10.5. The Hall–Kier alpha value is 0.0700. The van der Waals surface area contributed by atoms with E-state index in [2.05, 4.69) is 11.4 Å². The van der Waals surface area contributed by atoms with Crippen LogP contribution in [-0.4, -0.2) is 41.1 Å². The number of rotatable bonds is 3. The topological polar surface area (TPSA) is 66.8 Å². The molecule has 84 valence electrons. The van der Waals surface area contributed by atoms with Gasteiger partial charge >= 0.3 is 7.82 Å². The summed E-state index contributed by atoms with van der Waals surface area (Å²) in [5.41, 5.74) is 0. The molecule has 0 aliphatic carbocycles. The Labute approximate surface area is 84.5 Å². The van der Waals surface area contributed by atoms with E-state index < -0.39 is 7.82 Å². The summed E-state index contributed by atoms with van der Waals surface area (Å²) in [6, 6.07) is 0. The van der Waals surface area contributed by atoms with Gasteiger partial charge in [-0.2, -0.15) is 0 Å². The van der Waals surface area contributed by atoms with Gasteiger partial charge in [0.25, 0.3) is 0 Å². The van der Waals surface area contributed by atoms with Gasteiger partial charge in [-0.3, -0.25) is 0 Å². The fourth-order valence-corrected chi connectivity index (χ4v) is 2.09. The zero-order chi connectivity index (χ0) is 10.8. The lowest BCUT2D eigenvalue weighted by Crippen LogP contribution is -2.50. The Morgan fingerprint density at radius 1 is 1.43 bits per heavy atom. The summed E-state index contributed by atoms with van der Waals surface area (Å²) in [5, 5.41) is 0. The van der Waals surface area contributed by atoms with E-state index in [1.54, 1.807) is 0 Å². The highest BCUT2D eigenvalue weighted by molar-refractivity contribution is 7.46. The second-order valence-corrected chi connectivity index (χ2v) is 5.74. The minimum absolute atomic E-state index is 0.108. The van der Waals surface area contributed by atoms with Gasteiger partial charge in [0.15, 0.2) is 6.73 Å². The highest BCUT2D eigenvalue weighted by Gasteiger charge is 2.30. The van der Waals surface area contributed by atoms with E-state index in [0.717, 1.165) is 31.8 Å². The van der Waals surface area contributed by atoms with Crippen LogP contribution in [0.1, 0.15) is 19.8 Å². The summed E-state index contributed by atoms with van der Waals surface area (Å²) in [6.07, 6.45) is 2.20. The number of piperidine rings is 1. The Kier molecular flexibility index (Phi) is 3.72. The molecule has 6 heteroatoms. The smallest absolute Gasteiger partial charge is 0.303 e. The minimum Gasteiger partial charge on any atom is -0.303 e. The van der Waals surface area contributed by atoms with Crippen molar-refractivity contribution in [3.8, 4) is 0 Å². The summed E-state index contributed by atoms with van der Waals surface area (Å²) < 4.78 is 15.7. The molecule has 0 aromatic carbocycles. The van der Waals surface area contributed by atoms with Crippen LogP contribution in [0.3, 0.4) is 0 Å². The molecule has 1 rings (SSSR count). The Bertz CT molecular complexity index is 231. The Balaban J connectivity index is 2.39. The van der Waals surface area contributed by atoms with Crippen LogP contribution in [0.5, 0.6) is 0 Å². The first kappa shape index (κ1) is 12.1. The highest BCUT2D eigenvalue weighted by Crippen LogP contribution is 2.37. The van der Waals surface area contributed by atoms with Crippen molar-refractivity contribution < 1.29 is 23.4 Å². The van der Waals surface area contributed by atoms with Crippen LogP contribution in [0.2, 0.25) is 0 Å². The van der Waals surface area contributed by atoms with Crippen LogP contribution in [0.4, 0.5) is 0 Å². The summed E-state index contributed by atoms with van der Waals surface area (Å²) in [5.74, 6) is 0.719. The maximum Gasteiger partial charge on any atom is 0.474 e. The number of phosphoric acid groups is 1. The van der Waals surface area contributed by atoms with E-state index in [-0.39, 0.29) is 6.73 Å². The summed E-state index contributed by atoms with van der Waals surface area (Å²) in [4.78, 5) is 17.2. The molecule has 1 aliphatic heterocycles. The van der Waals surface area contributed by atoms with Crippen molar-refractivity contribution in [1.82, 2.24) is 0 Å². The molecule has 1 saturated heterocycles. The van der Waals surface area contributed by atoms with Crippen LogP contribution in [0.25, 0.3) is 0 Å². The molecular formula is C8H19NO4P+. The van der Waals surface area contributed by atoms with E-state index in [9.17, 15) is 4.57 Å². The standard InChI is InChI=1S/C8H18NO4P/c1-8-3-5-9(2,6-4-8)7-13-14(10,11)12/h8H,3-7H2,1-2H3,(H-,10,11,12)/p+1. The van der Waals surface area contributed by atoms with Crippen molar-refractivity contribution in [3.05, 3.63) is 0 Å². The first-order valence-electron chi connectivity index (χ1n) is 4.84. The molecule has 1 fully saturated rings. The third-order valence-corrected chi connectivity index (χ3v) is 3.31. The second kappa shape index (κ2) is 4.29. The zero-order valence-corrected chi connectivity index (χ0v) is 9.61. The molecule has 14 heavy (non-hydrogen) atoms. The molecular weight excluding hydrogens is 205 g/mol. The van der Waals surface area contributed by atoms with E-state index in [1.807, 2.05) is 7.05 Å². The molecule has 0 aromatic heterocycles. The third kappa shape index (κ3) is 4.07. The maximum atomic E-state index is 10.5. The molecule has 0 amide bonds. The third-order valence-electron chi connectivity index (χ3n) is 2.86. The van der Waals surface area contributed by atoms with Gasteiger partial charge in [-0.05, 0) is 18.8 Å². The van der Waals surface area contributed by atoms with Crippen LogP contribution in [-0.2, 0) is 9.09 Å². The predicted molar refractivity (Wildman–Crippen MR) is 52.3 cm³/mol. The quantitative estimate of drug-likeness (QED) is 0.553. The van der Waals surface area contributed by atoms with Gasteiger partial charge in [0, 0.05) is 0 Å². The van der Waals surface area contributed by atoms with Crippen LogP contribution in [0, 0.1) is 5.92 Å². The molecule has 0 unspecified atom stereocenters. The van der Waals surface area contributed by atoms with Crippen molar-refractivity contribution in [1.29, 1.82) is 0 Å². The second-order valence-electron chi connectivity index (χ2n) is 4.50. The monoisotopic (exact) mass is 224 g/mol. The van der Waals surface area contributed by atoms with Gasteiger partial charge in [0.1, 0.15) is 0 Å². The van der Waals surface area contributed by atoms with Crippen molar-refractivity contribution in [2.75, 3.05) is 26.9 Å². The number of nitrogens with zero attached hydrogens (tertiary/aromatic N) is 1. The summed E-state index contributed by atoms with van der Waals surface area (Å²) in [7, 11) is -2.33.